The molecule has 0 saturated carbocycles. The van der Waals surface area contributed by atoms with Crippen LogP contribution in [-0.4, -0.2) is 30.3 Å². The number of aromatic nitrogens is 1. The fourth-order valence-electron chi connectivity index (χ4n) is 2.99. The molecule has 0 saturated heterocycles. The predicted octanol–water partition coefficient (Wildman–Crippen LogP) is 3.51. The smallest absolute Gasteiger partial charge is 0.352 e. The van der Waals surface area contributed by atoms with Crippen LogP contribution < -0.4 is 14.2 Å². The van der Waals surface area contributed by atoms with Crippen molar-refractivity contribution in [1.29, 1.82) is 0 Å². The maximum absolute atomic E-state index is 12.7. The molecule has 0 fully saturated rings. The molecule has 0 N–H and O–H groups in total. The molecule has 0 spiro atoms. The summed E-state index contributed by atoms with van der Waals surface area (Å²) in [4.78, 5) is 28.3. The highest BCUT2D eigenvalue weighted by Gasteiger charge is 2.28. The quantitative estimate of drug-likeness (QED) is 0.575. The number of carbonyl (C=O) groups excluding carboxylic acids is 2. The molecule has 3 rings (SSSR count). The Labute approximate surface area is 175 Å². The van der Waals surface area contributed by atoms with Crippen LogP contribution in [0.25, 0.3) is 0 Å². The minimum absolute atomic E-state index is 0.0792. The third kappa shape index (κ3) is 5.20. The maximum atomic E-state index is 12.7. The third-order valence-corrected chi connectivity index (χ3v) is 4.35. The first-order valence-electron chi connectivity index (χ1n) is 9.86. The molecular formula is C22H25NO7. The molecule has 160 valence electrons. The zero-order chi connectivity index (χ0) is 21.5. The molecule has 0 radical (unpaired) electrons. The number of benzene rings is 1. The molecule has 1 aromatic heterocycles. The average Bonchev–Trinajstić information content (AvgIpc) is 3.19. The molecule has 1 atom stereocenters. The summed E-state index contributed by atoms with van der Waals surface area (Å²) < 4.78 is 27.1. The van der Waals surface area contributed by atoms with Crippen LogP contribution in [0.4, 0.5) is 0 Å². The fourth-order valence-corrected chi connectivity index (χ4v) is 2.99. The Bertz CT molecular complexity index is 912. The van der Waals surface area contributed by atoms with Crippen molar-refractivity contribution < 1.29 is 33.3 Å². The Kier molecular flexibility index (Phi) is 7.11. The van der Waals surface area contributed by atoms with E-state index < -0.39 is 12.1 Å². The summed E-state index contributed by atoms with van der Waals surface area (Å²) in [6.45, 7) is 5.55. The standard InChI is InChI=1S/C22H25NO7/c1-4-6-17-18(10-8-16(23-17)12-27-14(3)24)30-21(22(25)26-5-2)15-7-9-19-20(11-15)29-13-28-19/h7-11,21H,4-6,12-13H2,1-3H3. The Hall–Kier alpha value is -3.29. The zero-order valence-corrected chi connectivity index (χ0v) is 17.3. The SMILES string of the molecule is CCCc1nc(COC(C)=O)ccc1OC(C(=O)OCC)c1ccc2c(c1)OCO2. The number of carbonyl (C=O) groups is 2. The monoisotopic (exact) mass is 415 g/mol. The second-order valence-electron chi connectivity index (χ2n) is 6.64. The van der Waals surface area contributed by atoms with Crippen molar-refractivity contribution >= 4 is 11.9 Å². The van der Waals surface area contributed by atoms with Gasteiger partial charge in [-0.2, -0.15) is 0 Å². The summed E-state index contributed by atoms with van der Waals surface area (Å²) in [5, 5.41) is 0. The molecule has 1 aromatic carbocycles. The van der Waals surface area contributed by atoms with E-state index in [2.05, 4.69) is 4.98 Å². The van der Waals surface area contributed by atoms with Gasteiger partial charge in [0, 0.05) is 12.5 Å². The first-order chi connectivity index (χ1) is 14.5. The normalized spacial score (nSPS) is 12.9. The van der Waals surface area contributed by atoms with Gasteiger partial charge in [0.05, 0.1) is 18.0 Å². The average molecular weight is 415 g/mol. The van der Waals surface area contributed by atoms with Crippen LogP contribution >= 0.6 is 0 Å². The highest BCUT2D eigenvalue weighted by atomic mass is 16.7. The first-order valence-corrected chi connectivity index (χ1v) is 9.86. The molecule has 1 aliphatic heterocycles. The van der Waals surface area contributed by atoms with Gasteiger partial charge in [0.1, 0.15) is 12.4 Å². The Morgan fingerprint density at radius 1 is 1.10 bits per heavy atom. The van der Waals surface area contributed by atoms with Gasteiger partial charge in [-0.25, -0.2) is 4.79 Å². The van der Waals surface area contributed by atoms with Crippen molar-refractivity contribution in [3.8, 4) is 17.2 Å². The lowest BCUT2D eigenvalue weighted by molar-refractivity contribution is -0.151. The number of aryl methyl sites for hydroxylation is 1. The van der Waals surface area contributed by atoms with E-state index in [0.29, 0.717) is 40.6 Å². The van der Waals surface area contributed by atoms with Crippen LogP contribution in [0.1, 0.15) is 50.2 Å². The van der Waals surface area contributed by atoms with Gasteiger partial charge < -0.3 is 23.7 Å². The summed E-state index contributed by atoms with van der Waals surface area (Å²) in [5.74, 6) is 0.750. The van der Waals surface area contributed by atoms with E-state index in [9.17, 15) is 9.59 Å². The summed E-state index contributed by atoms with van der Waals surface area (Å²) >= 11 is 0. The third-order valence-electron chi connectivity index (χ3n) is 4.35. The van der Waals surface area contributed by atoms with Crippen molar-refractivity contribution in [2.75, 3.05) is 13.4 Å². The number of fused-ring (bicyclic) bond motifs is 1. The molecule has 30 heavy (non-hydrogen) atoms. The van der Waals surface area contributed by atoms with Crippen molar-refractivity contribution in [3.63, 3.8) is 0 Å². The number of esters is 2. The molecule has 8 heteroatoms. The fraction of sp³-hybridized carbons (Fsp3) is 0.409. The highest BCUT2D eigenvalue weighted by molar-refractivity contribution is 5.77. The molecule has 1 unspecified atom stereocenters. The lowest BCUT2D eigenvalue weighted by Gasteiger charge is -2.20. The van der Waals surface area contributed by atoms with Gasteiger partial charge in [-0.3, -0.25) is 9.78 Å². The first kappa shape index (κ1) is 21.4. The molecular weight excluding hydrogens is 390 g/mol. The van der Waals surface area contributed by atoms with E-state index in [-0.39, 0.29) is 26.0 Å². The van der Waals surface area contributed by atoms with Crippen molar-refractivity contribution in [1.82, 2.24) is 4.98 Å². The highest BCUT2D eigenvalue weighted by Crippen LogP contribution is 2.36. The number of ether oxygens (including phenoxy) is 5. The van der Waals surface area contributed by atoms with E-state index in [1.165, 1.54) is 6.92 Å². The predicted molar refractivity (Wildman–Crippen MR) is 106 cm³/mol. The van der Waals surface area contributed by atoms with Crippen molar-refractivity contribution in [2.24, 2.45) is 0 Å². The van der Waals surface area contributed by atoms with Crippen LogP contribution in [-0.2, 0) is 32.1 Å². The largest absolute Gasteiger partial charge is 0.472 e. The number of hydrogen-bond acceptors (Lipinski definition) is 8. The van der Waals surface area contributed by atoms with Crippen LogP contribution in [0.15, 0.2) is 30.3 Å². The Balaban J connectivity index is 1.89. The van der Waals surface area contributed by atoms with Gasteiger partial charge in [0.25, 0.3) is 0 Å². The minimum atomic E-state index is -0.990. The topological polar surface area (TPSA) is 93.2 Å². The number of pyridine rings is 1. The van der Waals surface area contributed by atoms with Gasteiger partial charge >= 0.3 is 11.9 Å². The summed E-state index contributed by atoms with van der Waals surface area (Å²) in [6.07, 6.45) is 0.477. The number of hydrogen-bond donors (Lipinski definition) is 0. The van der Waals surface area contributed by atoms with Gasteiger partial charge in [-0.1, -0.05) is 19.4 Å². The van der Waals surface area contributed by atoms with Gasteiger partial charge in [0.15, 0.2) is 11.5 Å². The molecule has 0 amide bonds. The van der Waals surface area contributed by atoms with E-state index >= 15 is 0 Å². The van der Waals surface area contributed by atoms with E-state index in [4.69, 9.17) is 23.7 Å². The Morgan fingerprint density at radius 3 is 2.63 bits per heavy atom. The molecule has 0 bridgehead atoms. The molecule has 2 aromatic rings. The second-order valence-corrected chi connectivity index (χ2v) is 6.64. The molecule has 0 aliphatic carbocycles. The van der Waals surface area contributed by atoms with Crippen LogP contribution in [0.2, 0.25) is 0 Å². The maximum Gasteiger partial charge on any atom is 0.352 e. The van der Waals surface area contributed by atoms with E-state index in [0.717, 1.165) is 6.42 Å². The number of nitrogens with zero attached hydrogens (tertiary/aromatic N) is 1. The van der Waals surface area contributed by atoms with Crippen molar-refractivity contribution in [2.45, 2.75) is 46.3 Å². The van der Waals surface area contributed by atoms with E-state index in [1.807, 2.05) is 6.92 Å². The zero-order valence-electron chi connectivity index (χ0n) is 17.3. The summed E-state index contributed by atoms with van der Waals surface area (Å²) in [7, 11) is 0. The number of rotatable bonds is 9. The summed E-state index contributed by atoms with van der Waals surface area (Å²) in [6, 6.07) is 8.64. The molecule has 2 heterocycles. The van der Waals surface area contributed by atoms with Crippen LogP contribution in [0.5, 0.6) is 17.2 Å². The minimum Gasteiger partial charge on any atom is -0.472 e. The van der Waals surface area contributed by atoms with Gasteiger partial charge in [-0.15, -0.1) is 0 Å². The second kappa shape index (κ2) is 9.96. The van der Waals surface area contributed by atoms with Crippen LogP contribution in [0.3, 0.4) is 0 Å². The molecule has 8 nitrogen and oxygen atoms in total. The van der Waals surface area contributed by atoms with Crippen LogP contribution in [0, 0.1) is 0 Å². The van der Waals surface area contributed by atoms with Crippen molar-refractivity contribution in [3.05, 3.63) is 47.3 Å². The Morgan fingerprint density at radius 2 is 1.90 bits per heavy atom. The van der Waals surface area contributed by atoms with E-state index in [1.54, 1.807) is 37.3 Å². The van der Waals surface area contributed by atoms with Gasteiger partial charge in [-0.05, 0) is 37.6 Å². The lowest BCUT2D eigenvalue weighted by Crippen LogP contribution is -2.22. The lowest BCUT2D eigenvalue weighted by atomic mass is 10.1. The summed E-state index contributed by atoms with van der Waals surface area (Å²) in [5.41, 5.74) is 1.87. The van der Waals surface area contributed by atoms with Gasteiger partial charge in [0.2, 0.25) is 12.9 Å². The molecule has 1 aliphatic rings.